The summed E-state index contributed by atoms with van der Waals surface area (Å²) in [5.41, 5.74) is 0. The summed E-state index contributed by atoms with van der Waals surface area (Å²) >= 11 is 3.44. The van der Waals surface area contributed by atoms with Crippen molar-refractivity contribution in [3.05, 3.63) is 0 Å². The van der Waals surface area contributed by atoms with E-state index in [1.54, 1.807) is 14.2 Å². The third kappa shape index (κ3) is 4.35. The highest BCUT2D eigenvalue weighted by Gasteiger charge is 2.31. The van der Waals surface area contributed by atoms with Crippen molar-refractivity contribution in [2.24, 2.45) is 5.92 Å². The van der Waals surface area contributed by atoms with Crippen molar-refractivity contribution in [3.8, 4) is 0 Å². The van der Waals surface area contributed by atoms with E-state index in [0.717, 1.165) is 30.9 Å². The molecule has 1 aliphatic heterocycles. The van der Waals surface area contributed by atoms with Gasteiger partial charge in [0, 0.05) is 39.1 Å². The smallest absolute Gasteiger partial charge is 0.334 e. The summed E-state index contributed by atoms with van der Waals surface area (Å²) in [4.78, 5) is 13.7. The van der Waals surface area contributed by atoms with Gasteiger partial charge in [-0.05, 0) is 24.9 Å². The standard InChI is InChI=1S/C11H22BrNO3Si/c1-15-17(3,16-2)6-4-5-13-9-10(8-12)7-11(13)14/h10H,4-9H2,1-3H3. The minimum absolute atomic E-state index is 0.285. The molecule has 0 N–H and O–H groups in total. The van der Waals surface area contributed by atoms with Crippen LogP contribution in [0.3, 0.4) is 0 Å². The van der Waals surface area contributed by atoms with Gasteiger partial charge in [-0.15, -0.1) is 0 Å². The topological polar surface area (TPSA) is 38.8 Å². The molecule has 0 aromatic carbocycles. The molecule has 0 bridgehead atoms. The molecule has 1 rings (SSSR count). The fraction of sp³-hybridized carbons (Fsp3) is 0.909. The third-order valence-corrected chi connectivity index (χ3v) is 7.34. The summed E-state index contributed by atoms with van der Waals surface area (Å²) in [5.74, 6) is 0.767. The fourth-order valence-corrected chi connectivity index (χ4v) is 3.86. The molecule has 100 valence electrons. The van der Waals surface area contributed by atoms with Gasteiger partial charge in [-0.25, -0.2) is 0 Å². The Balaban J connectivity index is 2.30. The number of hydrogen-bond acceptors (Lipinski definition) is 3. The van der Waals surface area contributed by atoms with Crippen molar-refractivity contribution in [1.29, 1.82) is 0 Å². The quantitative estimate of drug-likeness (QED) is 0.531. The van der Waals surface area contributed by atoms with Crippen LogP contribution in [-0.2, 0) is 13.6 Å². The summed E-state index contributed by atoms with van der Waals surface area (Å²) in [7, 11) is 1.45. The van der Waals surface area contributed by atoms with E-state index in [1.807, 2.05) is 4.90 Å². The highest BCUT2D eigenvalue weighted by molar-refractivity contribution is 9.09. The molecular formula is C11H22BrNO3Si. The van der Waals surface area contributed by atoms with Crippen LogP contribution in [0.1, 0.15) is 12.8 Å². The Morgan fingerprint density at radius 1 is 1.47 bits per heavy atom. The molecule has 0 aliphatic carbocycles. The minimum atomic E-state index is -1.96. The Hall–Kier alpha value is 0.0869. The van der Waals surface area contributed by atoms with E-state index in [9.17, 15) is 4.79 Å². The molecule has 4 nitrogen and oxygen atoms in total. The van der Waals surface area contributed by atoms with Crippen LogP contribution in [-0.4, -0.2) is 52.0 Å². The van der Waals surface area contributed by atoms with E-state index in [-0.39, 0.29) is 5.91 Å². The summed E-state index contributed by atoms with van der Waals surface area (Å²) < 4.78 is 10.9. The average molecular weight is 324 g/mol. The van der Waals surface area contributed by atoms with Gasteiger partial charge in [0.15, 0.2) is 0 Å². The maximum Gasteiger partial charge on any atom is 0.334 e. The lowest BCUT2D eigenvalue weighted by atomic mass is 10.2. The molecular weight excluding hydrogens is 302 g/mol. The molecule has 0 saturated carbocycles. The maximum atomic E-state index is 11.7. The van der Waals surface area contributed by atoms with E-state index in [1.165, 1.54) is 0 Å². The van der Waals surface area contributed by atoms with Gasteiger partial charge >= 0.3 is 8.56 Å². The van der Waals surface area contributed by atoms with Gasteiger partial charge in [-0.3, -0.25) is 4.79 Å². The molecule has 1 aliphatic rings. The zero-order valence-electron chi connectivity index (χ0n) is 10.9. The Labute approximate surface area is 113 Å². The number of hydrogen-bond donors (Lipinski definition) is 0. The SMILES string of the molecule is CO[Si](C)(CCCN1CC(CBr)CC1=O)OC. The molecule has 1 amide bonds. The molecule has 1 atom stereocenters. The zero-order chi connectivity index (χ0) is 12.9. The third-order valence-electron chi connectivity index (χ3n) is 3.44. The molecule has 17 heavy (non-hydrogen) atoms. The predicted molar refractivity (Wildman–Crippen MR) is 73.5 cm³/mol. The number of carbonyl (C=O) groups excluding carboxylic acids is 1. The number of amides is 1. The lowest BCUT2D eigenvalue weighted by molar-refractivity contribution is -0.127. The normalized spacial score (nSPS) is 21.3. The molecule has 0 aromatic rings. The zero-order valence-corrected chi connectivity index (χ0v) is 13.5. The van der Waals surface area contributed by atoms with Crippen molar-refractivity contribution in [3.63, 3.8) is 0 Å². The summed E-state index contributed by atoms with van der Waals surface area (Å²) in [6.07, 6.45) is 1.65. The van der Waals surface area contributed by atoms with E-state index in [2.05, 4.69) is 22.5 Å². The van der Waals surface area contributed by atoms with E-state index < -0.39 is 8.56 Å². The first-order chi connectivity index (χ1) is 8.04. The second-order valence-corrected chi connectivity index (χ2v) is 8.94. The second-order valence-electron chi connectivity index (χ2n) is 4.71. The van der Waals surface area contributed by atoms with Gasteiger partial charge < -0.3 is 13.8 Å². The monoisotopic (exact) mass is 323 g/mol. The first-order valence-corrected chi connectivity index (χ1v) is 9.63. The highest BCUT2D eigenvalue weighted by atomic mass is 79.9. The molecule has 1 fully saturated rings. The van der Waals surface area contributed by atoms with Crippen LogP contribution < -0.4 is 0 Å². The van der Waals surface area contributed by atoms with Crippen molar-refractivity contribution in [2.45, 2.75) is 25.4 Å². The number of halogens is 1. The van der Waals surface area contributed by atoms with Gasteiger partial charge in [-0.2, -0.15) is 0 Å². The molecule has 0 aromatic heterocycles. The first kappa shape index (κ1) is 15.1. The lowest BCUT2D eigenvalue weighted by Crippen LogP contribution is -2.37. The van der Waals surface area contributed by atoms with Crippen LogP contribution in [0.4, 0.5) is 0 Å². The number of nitrogens with zero attached hydrogens (tertiary/aromatic N) is 1. The van der Waals surface area contributed by atoms with E-state index in [0.29, 0.717) is 12.3 Å². The van der Waals surface area contributed by atoms with Gasteiger partial charge in [0.05, 0.1) is 0 Å². The number of rotatable bonds is 7. The van der Waals surface area contributed by atoms with Crippen molar-refractivity contribution in [1.82, 2.24) is 4.90 Å². The van der Waals surface area contributed by atoms with Crippen LogP contribution in [0.15, 0.2) is 0 Å². The van der Waals surface area contributed by atoms with Gasteiger partial charge in [-0.1, -0.05) is 15.9 Å². The minimum Gasteiger partial charge on any atom is -0.398 e. The second kappa shape index (κ2) is 6.87. The summed E-state index contributed by atoms with van der Waals surface area (Å²) in [6, 6.07) is 0.933. The highest BCUT2D eigenvalue weighted by Crippen LogP contribution is 2.21. The molecule has 0 spiro atoms. The molecule has 1 unspecified atom stereocenters. The van der Waals surface area contributed by atoms with Crippen LogP contribution in [0.2, 0.25) is 12.6 Å². The van der Waals surface area contributed by atoms with Crippen LogP contribution >= 0.6 is 15.9 Å². The summed E-state index contributed by atoms with van der Waals surface area (Å²) in [5, 5.41) is 0.915. The van der Waals surface area contributed by atoms with Gasteiger partial charge in [0.1, 0.15) is 0 Å². The fourth-order valence-electron chi connectivity index (χ4n) is 2.05. The largest absolute Gasteiger partial charge is 0.398 e. The van der Waals surface area contributed by atoms with Crippen LogP contribution in [0.5, 0.6) is 0 Å². The van der Waals surface area contributed by atoms with Crippen molar-refractivity contribution < 1.29 is 13.6 Å². The lowest BCUT2D eigenvalue weighted by Gasteiger charge is -2.24. The van der Waals surface area contributed by atoms with Gasteiger partial charge in [0.25, 0.3) is 0 Å². The van der Waals surface area contributed by atoms with Crippen LogP contribution in [0, 0.1) is 5.92 Å². The molecule has 1 heterocycles. The van der Waals surface area contributed by atoms with Gasteiger partial charge in [0.2, 0.25) is 5.91 Å². The Bertz CT molecular complexity index is 261. The molecule has 0 radical (unpaired) electrons. The average Bonchev–Trinajstić information content (AvgIpc) is 2.70. The summed E-state index contributed by atoms with van der Waals surface area (Å²) in [6.45, 7) is 3.78. The van der Waals surface area contributed by atoms with E-state index in [4.69, 9.17) is 8.85 Å². The number of carbonyl (C=O) groups is 1. The Morgan fingerprint density at radius 2 is 2.12 bits per heavy atom. The van der Waals surface area contributed by atoms with E-state index >= 15 is 0 Å². The van der Waals surface area contributed by atoms with Crippen molar-refractivity contribution in [2.75, 3.05) is 32.6 Å². The van der Waals surface area contributed by atoms with Crippen LogP contribution in [0.25, 0.3) is 0 Å². The molecule has 6 heteroatoms. The first-order valence-electron chi connectivity index (χ1n) is 5.98. The molecule has 1 saturated heterocycles. The maximum absolute atomic E-state index is 11.7. The Morgan fingerprint density at radius 3 is 2.59 bits per heavy atom. The number of likely N-dealkylation sites (tertiary alicyclic amines) is 1. The predicted octanol–water partition coefficient (Wildman–Crippen LogP) is 1.98. The number of alkyl halides is 1. The Kier molecular flexibility index (Phi) is 6.12. The van der Waals surface area contributed by atoms with Crippen molar-refractivity contribution >= 4 is 30.4 Å².